The summed E-state index contributed by atoms with van der Waals surface area (Å²) in [7, 11) is 1.57. The van der Waals surface area contributed by atoms with E-state index in [4.69, 9.17) is 0 Å². The van der Waals surface area contributed by atoms with Gasteiger partial charge in [-0.3, -0.25) is 9.59 Å². The molecule has 17 heavy (non-hydrogen) atoms. The summed E-state index contributed by atoms with van der Waals surface area (Å²) in [5, 5.41) is 9.59. The monoisotopic (exact) mass is 239 g/mol. The first-order chi connectivity index (χ1) is 8.10. The summed E-state index contributed by atoms with van der Waals surface area (Å²) < 4.78 is 0. The predicted octanol–water partition coefficient (Wildman–Crippen LogP) is -0.255. The lowest BCUT2D eigenvalue weighted by Crippen LogP contribution is -2.41. The van der Waals surface area contributed by atoms with Crippen molar-refractivity contribution in [3.8, 4) is 0 Å². The number of hydrogen-bond acceptors (Lipinski definition) is 4. The highest BCUT2D eigenvalue weighted by molar-refractivity contribution is 5.94. The number of nitrogens with one attached hydrogen (secondary N) is 1. The van der Waals surface area contributed by atoms with Crippen LogP contribution in [0.25, 0.3) is 0 Å². The summed E-state index contributed by atoms with van der Waals surface area (Å²) in [6.45, 7) is 5.14. The first kappa shape index (κ1) is 13.1. The van der Waals surface area contributed by atoms with Crippen molar-refractivity contribution in [3.05, 3.63) is 11.9 Å². The lowest BCUT2D eigenvalue weighted by Gasteiger charge is -2.22. The Bertz CT molecular complexity index is 372. The highest BCUT2D eigenvalue weighted by Gasteiger charge is 2.19. The number of amides is 2. The summed E-state index contributed by atoms with van der Waals surface area (Å²) in [4.78, 5) is 26.6. The zero-order valence-electron chi connectivity index (χ0n) is 10.3. The fraction of sp³-hybridized carbons (Fsp3) is 0.600. The van der Waals surface area contributed by atoms with Crippen LogP contribution >= 0.6 is 0 Å². The molecule has 0 spiro atoms. The number of rotatable bonds is 5. The van der Waals surface area contributed by atoms with Crippen molar-refractivity contribution in [2.45, 2.75) is 13.8 Å². The average molecular weight is 239 g/mol. The van der Waals surface area contributed by atoms with Gasteiger partial charge in [-0.1, -0.05) is 0 Å². The Hall–Kier alpha value is -1.92. The lowest BCUT2D eigenvalue weighted by atomic mass is 10.3. The van der Waals surface area contributed by atoms with Gasteiger partial charge in [-0.2, -0.15) is 15.4 Å². The molecule has 0 saturated carbocycles. The average Bonchev–Trinajstić information content (AvgIpc) is 2.83. The highest BCUT2D eigenvalue weighted by atomic mass is 16.2. The number of hydrogen-bond donors (Lipinski definition) is 1. The zero-order chi connectivity index (χ0) is 12.8. The standard InChI is InChI=1S/C10H17N5O2/c1-4-15(5-2)9(16)7-14(3)10(17)8-6-11-13-12-8/h6H,4-5,7H2,1-3H3,(H,11,12,13). The third kappa shape index (κ3) is 3.27. The maximum Gasteiger partial charge on any atom is 0.276 e. The lowest BCUT2D eigenvalue weighted by molar-refractivity contribution is -0.131. The van der Waals surface area contributed by atoms with Crippen molar-refractivity contribution in [3.63, 3.8) is 0 Å². The van der Waals surface area contributed by atoms with E-state index in [0.717, 1.165) is 0 Å². The molecule has 1 aromatic heterocycles. The Morgan fingerprint density at radius 1 is 1.35 bits per heavy atom. The third-order valence-electron chi connectivity index (χ3n) is 2.47. The smallest absolute Gasteiger partial charge is 0.276 e. The fourth-order valence-corrected chi connectivity index (χ4v) is 1.45. The molecular formula is C10H17N5O2. The van der Waals surface area contributed by atoms with Gasteiger partial charge in [0.15, 0.2) is 5.69 Å². The second-order valence-corrected chi connectivity index (χ2v) is 3.58. The maximum atomic E-state index is 11.8. The predicted molar refractivity (Wildman–Crippen MR) is 61.3 cm³/mol. The quantitative estimate of drug-likeness (QED) is 0.767. The molecule has 0 unspecified atom stereocenters. The summed E-state index contributed by atoms with van der Waals surface area (Å²) in [5.41, 5.74) is 0.208. The number of carbonyl (C=O) groups excluding carboxylic acids is 2. The SMILES string of the molecule is CCN(CC)C(=O)CN(C)C(=O)c1cn[nH]n1. The summed E-state index contributed by atoms with van der Waals surface area (Å²) in [5.74, 6) is -0.395. The van der Waals surface area contributed by atoms with E-state index in [-0.39, 0.29) is 24.1 Å². The van der Waals surface area contributed by atoms with E-state index < -0.39 is 0 Å². The molecular weight excluding hydrogens is 222 g/mol. The maximum absolute atomic E-state index is 11.8. The van der Waals surface area contributed by atoms with Crippen LogP contribution in [-0.4, -0.2) is 63.7 Å². The summed E-state index contributed by atoms with van der Waals surface area (Å²) in [6, 6.07) is 0. The van der Waals surface area contributed by atoms with Gasteiger partial charge in [0.2, 0.25) is 5.91 Å². The zero-order valence-corrected chi connectivity index (χ0v) is 10.3. The fourth-order valence-electron chi connectivity index (χ4n) is 1.45. The number of carbonyl (C=O) groups is 2. The summed E-state index contributed by atoms with van der Waals surface area (Å²) in [6.07, 6.45) is 1.33. The van der Waals surface area contributed by atoms with Gasteiger partial charge in [0.25, 0.3) is 5.91 Å². The summed E-state index contributed by atoms with van der Waals surface area (Å²) >= 11 is 0. The molecule has 1 heterocycles. The van der Waals surface area contributed by atoms with Crippen molar-refractivity contribution in [2.75, 3.05) is 26.7 Å². The van der Waals surface area contributed by atoms with Crippen LogP contribution in [0.3, 0.4) is 0 Å². The second-order valence-electron chi connectivity index (χ2n) is 3.58. The number of nitrogens with zero attached hydrogens (tertiary/aromatic N) is 4. The third-order valence-corrected chi connectivity index (χ3v) is 2.47. The molecule has 0 aromatic carbocycles. The van der Waals surface area contributed by atoms with Crippen molar-refractivity contribution in [2.24, 2.45) is 0 Å². The normalized spacial score (nSPS) is 10.1. The van der Waals surface area contributed by atoms with Crippen LogP contribution in [0.1, 0.15) is 24.3 Å². The number of likely N-dealkylation sites (N-methyl/N-ethyl adjacent to an activating group) is 2. The van der Waals surface area contributed by atoms with Gasteiger partial charge in [-0.05, 0) is 13.8 Å². The van der Waals surface area contributed by atoms with Crippen molar-refractivity contribution < 1.29 is 9.59 Å². The highest BCUT2D eigenvalue weighted by Crippen LogP contribution is 1.98. The first-order valence-corrected chi connectivity index (χ1v) is 5.49. The molecule has 0 saturated heterocycles. The van der Waals surface area contributed by atoms with Crippen LogP contribution in [0.5, 0.6) is 0 Å². The van der Waals surface area contributed by atoms with Gasteiger partial charge in [-0.15, -0.1) is 0 Å². The van der Waals surface area contributed by atoms with E-state index >= 15 is 0 Å². The van der Waals surface area contributed by atoms with Gasteiger partial charge in [-0.25, -0.2) is 0 Å². The van der Waals surface area contributed by atoms with Gasteiger partial charge < -0.3 is 9.80 Å². The van der Waals surface area contributed by atoms with Crippen molar-refractivity contribution in [1.29, 1.82) is 0 Å². The molecule has 0 aliphatic rings. The van der Waals surface area contributed by atoms with E-state index in [9.17, 15) is 9.59 Å². The molecule has 7 heteroatoms. The second kappa shape index (κ2) is 5.97. The van der Waals surface area contributed by atoms with E-state index in [1.165, 1.54) is 11.1 Å². The Morgan fingerprint density at radius 2 is 2.00 bits per heavy atom. The van der Waals surface area contributed by atoms with Crippen LogP contribution in [-0.2, 0) is 4.79 Å². The number of aromatic amines is 1. The minimum atomic E-state index is -0.320. The van der Waals surface area contributed by atoms with Gasteiger partial charge in [0.05, 0.1) is 12.7 Å². The van der Waals surface area contributed by atoms with Gasteiger partial charge in [0.1, 0.15) is 0 Å². The Kier molecular flexibility index (Phi) is 4.62. The van der Waals surface area contributed by atoms with Crippen LogP contribution < -0.4 is 0 Å². The Morgan fingerprint density at radius 3 is 2.47 bits per heavy atom. The van der Waals surface area contributed by atoms with E-state index in [1.807, 2.05) is 13.8 Å². The molecule has 1 N–H and O–H groups in total. The van der Waals surface area contributed by atoms with Gasteiger partial charge in [0, 0.05) is 20.1 Å². The molecule has 0 radical (unpaired) electrons. The molecule has 7 nitrogen and oxygen atoms in total. The molecule has 1 aromatic rings. The number of H-pyrrole nitrogens is 1. The first-order valence-electron chi connectivity index (χ1n) is 5.49. The van der Waals surface area contributed by atoms with Crippen LogP contribution in [0.2, 0.25) is 0 Å². The van der Waals surface area contributed by atoms with Crippen LogP contribution in [0, 0.1) is 0 Å². The van der Waals surface area contributed by atoms with Gasteiger partial charge >= 0.3 is 0 Å². The molecule has 1 rings (SSSR count). The molecule has 0 atom stereocenters. The molecule has 0 aliphatic carbocycles. The van der Waals surface area contributed by atoms with Crippen molar-refractivity contribution in [1.82, 2.24) is 25.2 Å². The molecule has 0 aliphatic heterocycles. The van der Waals surface area contributed by atoms with E-state index in [0.29, 0.717) is 13.1 Å². The van der Waals surface area contributed by atoms with E-state index in [2.05, 4.69) is 15.4 Å². The number of aromatic nitrogens is 3. The topological polar surface area (TPSA) is 82.2 Å². The molecule has 0 bridgehead atoms. The van der Waals surface area contributed by atoms with Crippen LogP contribution in [0.15, 0.2) is 6.20 Å². The Balaban J connectivity index is 2.57. The van der Waals surface area contributed by atoms with Crippen molar-refractivity contribution >= 4 is 11.8 Å². The van der Waals surface area contributed by atoms with Crippen LogP contribution in [0.4, 0.5) is 0 Å². The molecule has 0 fully saturated rings. The minimum Gasteiger partial charge on any atom is -0.342 e. The Labute approximate surface area is 99.8 Å². The largest absolute Gasteiger partial charge is 0.342 e. The van der Waals surface area contributed by atoms with E-state index in [1.54, 1.807) is 11.9 Å². The minimum absolute atomic E-state index is 0.0490. The molecule has 94 valence electrons. The molecule has 2 amide bonds.